The second-order valence-corrected chi connectivity index (χ2v) is 10.3. The fourth-order valence-corrected chi connectivity index (χ4v) is 6.08. The standard InChI is InChI=1S/C24H29N7O3S/c1-16-22(17-5-7-29(8-6-17)15-35(32)33)31-14-21(18-3-2-4-20-19(18)13-25-28-20)27-23(24(31)26-16)30-9-11-34-12-10-30/h2-4,13-14,17,35H,5-12,15H2,1H3,(H,25,28). The van der Waals surface area contributed by atoms with Crippen LogP contribution in [0.1, 0.15) is 30.1 Å². The van der Waals surface area contributed by atoms with E-state index in [0.717, 1.165) is 78.3 Å². The summed E-state index contributed by atoms with van der Waals surface area (Å²) in [5.74, 6) is 1.32. The van der Waals surface area contributed by atoms with Crippen LogP contribution in [0.4, 0.5) is 5.82 Å². The van der Waals surface area contributed by atoms with Crippen LogP contribution in [-0.2, 0) is 15.4 Å². The lowest BCUT2D eigenvalue weighted by Crippen LogP contribution is -2.37. The molecular formula is C24H29N7O3S. The van der Waals surface area contributed by atoms with Crippen molar-refractivity contribution in [2.24, 2.45) is 0 Å². The molecular weight excluding hydrogens is 466 g/mol. The number of anilines is 1. The largest absolute Gasteiger partial charge is 0.378 e. The summed E-state index contributed by atoms with van der Waals surface area (Å²) in [5, 5.41) is 8.33. The summed E-state index contributed by atoms with van der Waals surface area (Å²) in [4.78, 5) is 14.4. The van der Waals surface area contributed by atoms with E-state index in [1.165, 1.54) is 5.69 Å². The number of aromatic amines is 1. The number of ether oxygens (including phenoxy) is 1. The number of benzene rings is 1. The maximum atomic E-state index is 11.2. The van der Waals surface area contributed by atoms with Crippen LogP contribution < -0.4 is 4.90 Å². The van der Waals surface area contributed by atoms with Gasteiger partial charge in [-0.05, 0) is 38.9 Å². The SMILES string of the molecule is Cc1nc2c(N3CCOCC3)nc(-c3cccc4[nH]ncc34)cn2c1C1CCN(C[SH](=O)=O)CC1. The molecule has 4 aromatic rings. The summed E-state index contributed by atoms with van der Waals surface area (Å²) < 4.78 is 30.2. The molecule has 1 N–H and O–H groups in total. The summed E-state index contributed by atoms with van der Waals surface area (Å²) in [5.41, 5.74) is 5.96. The van der Waals surface area contributed by atoms with Crippen LogP contribution in [0.5, 0.6) is 0 Å². The maximum Gasteiger partial charge on any atom is 0.180 e. The molecule has 0 amide bonds. The first-order valence-electron chi connectivity index (χ1n) is 12.1. The van der Waals surface area contributed by atoms with Crippen LogP contribution in [0.25, 0.3) is 27.8 Å². The number of thiol groups is 1. The topological polar surface area (TPSA) is 109 Å². The Labute approximate surface area is 204 Å². The molecule has 0 unspecified atom stereocenters. The molecule has 0 bridgehead atoms. The highest BCUT2D eigenvalue weighted by atomic mass is 32.2. The molecule has 0 saturated carbocycles. The van der Waals surface area contributed by atoms with Gasteiger partial charge in [0.1, 0.15) is 0 Å². The van der Waals surface area contributed by atoms with Crippen LogP contribution in [0.2, 0.25) is 0 Å². The molecule has 0 spiro atoms. The number of aromatic nitrogens is 5. The average Bonchev–Trinajstić information content (AvgIpc) is 3.48. The Bertz CT molecular complexity index is 1440. The average molecular weight is 496 g/mol. The van der Waals surface area contributed by atoms with Gasteiger partial charge in [0.15, 0.2) is 22.2 Å². The molecule has 184 valence electrons. The van der Waals surface area contributed by atoms with Gasteiger partial charge in [0.05, 0.1) is 42.2 Å². The Morgan fingerprint density at radius 2 is 1.91 bits per heavy atom. The van der Waals surface area contributed by atoms with Crippen molar-refractivity contribution in [3.63, 3.8) is 0 Å². The van der Waals surface area contributed by atoms with E-state index < -0.39 is 10.7 Å². The van der Waals surface area contributed by atoms with E-state index in [1.807, 2.05) is 23.2 Å². The molecule has 10 nitrogen and oxygen atoms in total. The third-order valence-electron chi connectivity index (χ3n) is 7.17. The van der Waals surface area contributed by atoms with Crippen molar-refractivity contribution in [2.45, 2.75) is 25.7 Å². The number of rotatable bonds is 5. The Kier molecular flexibility index (Phi) is 5.91. The van der Waals surface area contributed by atoms with Gasteiger partial charge in [-0.25, -0.2) is 18.4 Å². The first-order chi connectivity index (χ1) is 17.1. The molecule has 5 heterocycles. The molecule has 0 radical (unpaired) electrons. The molecule has 2 aliphatic heterocycles. The summed E-state index contributed by atoms with van der Waals surface area (Å²) in [7, 11) is -2.39. The number of hydrogen-bond donors (Lipinski definition) is 2. The summed E-state index contributed by atoms with van der Waals surface area (Å²) in [6.07, 6.45) is 5.76. The Morgan fingerprint density at radius 3 is 2.69 bits per heavy atom. The maximum absolute atomic E-state index is 11.2. The molecule has 2 fully saturated rings. The van der Waals surface area contributed by atoms with E-state index in [9.17, 15) is 8.42 Å². The molecule has 1 aromatic carbocycles. The first-order valence-corrected chi connectivity index (χ1v) is 13.4. The van der Waals surface area contributed by atoms with Gasteiger partial charge in [-0.2, -0.15) is 5.10 Å². The van der Waals surface area contributed by atoms with Gasteiger partial charge in [0, 0.05) is 41.8 Å². The zero-order valence-electron chi connectivity index (χ0n) is 19.7. The minimum atomic E-state index is -2.39. The highest BCUT2D eigenvalue weighted by Crippen LogP contribution is 2.35. The molecule has 0 atom stereocenters. The van der Waals surface area contributed by atoms with Gasteiger partial charge >= 0.3 is 0 Å². The van der Waals surface area contributed by atoms with Crippen molar-refractivity contribution >= 4 is 33.1 Å². The van der Waals surface area contributed by atoms with E-state index >= 15 is 0 Å². The van der Waals surface area contributed by atoms with Crippen LogP contribution >= 0.6 is 0 Å². The van der Waals surface area contributed by atoms with E-state index in [1.54, 1.807) is 0 Å². The Hall–Kier alpha value is -3.02. The van der Waals surface area contributed by atoms with Crippen molar-refractivity contribution in [1.29, 1.82) is 0 Å². The van der Waals surface area contributed by atoms with Crippen LogP contribution in [0.15, 0.2) is 30.6 Å². The van der Waals surface area contributed by atoms with Gasteiger partial charge in [0.2, 0.25) is 0 Å². The smallest absolute Gasteiger partial charge is 0.180 e. The van der Waals surface area contributed by atoms with Gasteiger partial charge < -0.3 is 9.64 Å². The number of H-pyrrole nitrogens is 1. The van der Waals surface area contributed by atoms with E-state index in [2.05, 4.69) is 38.7 Å². The number of nitrogens with one attached hydrogen (secondary N) is 1. The monoisotopic (exact) mass is 495 g/mol. The lowest BCUT2D eigenvalue weighted by atomic mass is 9.92. The highest BCUT2D eigenvalue weighted by molar-refractivity contribution is 7.72. The van der Waals surface area contributed by atoms with Crippen molar-refractivity contribution < 1.29 is 13.2 Å². The van der Waals surface area contributed by atoms with Gasteiger partial charge in [-0.3, -0.25) is 14.4 Å². The lowest BCUT2D eigenvalue weighted by Gasteiger charge is -2.31. The number of fused-ring (bicyclic) bond motifs is 2. The molecule has 35 heavy (non-hydrogen) atoms. The fourth-order valence-electron chi connectivity index (χ4n) is 5.47. The van der Waals surface area contributed by atoms with Crippen molar-refractivity contribution in [1.82, 2.24) is 29.5 Å². The number of hydrogen-bond acceptors (Lipinski definition) is 8. The third kappa shape index (κ3) is 4.17. The Morgan fingerprint density at radius 1 is 1.11 bits per heavy atom. The Balaban J connectivity index is 1.48. The quantitative estimate of drug-likeness (QED) is 0.406. The fraction of sp³-hybridized carbons (Fsp3) is 0.458. The molecule has 3 aromatic heterocycles. The van der Waals surface area contributed by atoms with Crippen LogP contribution in [0, 0.1) is 6.92 Å². The first kappa shape index (κ1) is 22.4. The number of morpholine rings is 1. The highest BCUT2D eigenvalue weighted by Gasteiger charge is 2.28. The normalized spacial score (nSPS) is 18.3. The lowest BCUT2D eigenvalue weighted by molar-refractivity contribution is 0.122. The van der Waals surface area contributed by atoms with Gasteiger partial charge in [-0.1, -0.05) is 12.1 Å². The molecule has 6 rings (SSSR count). The number of piperidine rings is 1. The second kappa shape index (κ2) is 9.21. The summed E-state index contributed by atoms with van der Waals surface area (Å²) >= 11 is 0. The summed E-state index contributed by atoms with van der Waals surface area (Å²) in [6.45, 7) is 6.49. The van der Waals surface area contributed by atoms with Crippen molar-refractivity contribution in [2.75, 3.05) is 50.2 Å². The number of imidazole rings is 1. The van der Waals surface area contributed by atoms with Crippen molar-refractivity contribution in [3.05, 3.63) is 42.0 Å². The van der Waals surface area contributed by atoms with Crippen molar-refractivity contribution in [3.8, 4) is 11.3 Å². The third-order valence-corrected chi connectivity index (χ3v) is 7.80. The van der Waals surface area contributed by atoms with E-state index in [0.29, 0.717) is 19.1 Å². The van der Waals surface area contributed by atoms with Gasteiger partial charge in [0.25, 0.3) is 0 Å². The minimum Gasteiger partial charge on any atom is -0.378 e. The predicted octanol–water partition coefficient (Wildman–Crippen LogP) is 2.17. The van der Waals surface area contributed by atoms with Crippen LogP contribution in [-0.4, -0.2) is 83.2 Å². The number of aryl methyl sites for hydroxylation is 1. The molecule has 2 aliphatic rings. The minimum absolute atomic E-state index is 0.137. The number of likely N-dealkylation sites (tertiary alicyclic amines) is 1. The predicted molar refractivity (Wildman–Crippen MR) is 135 cm³/mol. The molecule has 2 saturated heterocycles. The second-order valence-electron chi connectivity index (χ2n) is 9.33. The van der Waals surface area contributed by atoms with Gasteiger partial charge in [-0.15, -0.1) is 0 Å². The summed E-state index contributed by atoms with van der Waals surface area (Å²) in [6, 6.07) is 6.12. The number of nitrogens with zero attached hydrogens (tertiary/aromatic N) is 6. The molecule has 11 heteroatoms. The van der Waals surface area contributed by atoms with Crippen LogP contribution in [0.3, 0.4) is 0 Å². The van der Waals surface area contributed by atoms with E-state index in [-0.39, 0.29) is 5.88 Å². The zero-order chi connectivity index (χ0) is 23.9. The zero-order valence-corrected chi connectivity index (χ0v) is 20.6. The molecule has 0 aliphatic carbocycles. The van der Waals surface area contributed by atoms with E-state index in [4.69, 9.17) is 14.7 Å².